The second-order valence-corrected chi connectivity index (χ2v) is 7.97. The van der Waals surface area contributed by atoms with Crippen LogP contribution in [0.3, 0.4) is 0 Å². The Hall–Kier alpha value is -3.17. The quantitative estimate of drug-likeness (QED) is 0.572. The smallest absolute Gasteiger partial charge is 0.257 e. The number of fused-ring (bicyclic) bond motifs is 1. The van der Waals surface area contributed by atoms with Crippen molar-refractivity contribution in [3.63, 3.8) is 0 Å². The maximum atomic E-state index is 14.4. The molecule has 3 aromatic rings. The molecule has 0 saturated heterocycles. The molecule has 1 aliphatic heterocycles. The van der Waals surface area contributed by atoms with Crippen LogP contribution in [0.2, 0.25) is 5.02 Å². The van der Waals surface area contributed by atoms with Gasteiger partial charge in [0.15, 0.2) is 16.6 Å². The number of thiazole rings is 1. The lowest BCUT2D eigenvalue weighted by Gasteiger charge is -2.11. The van der Waals surface area contributed by atoms with Gasteiger partial charge in [-0.25, -0.2) is 9.37 Å². The fourth-order valence-corrected chi connectivity index (χ4v) is 3.96. The molecule has 2 heterocycles. The molecule has 1 aromatic heterocycles. The fourth-order valence-electron chi connectivity index (χ4n) is 2.99. The van der Waals surface area contributed by atoms with Crippen molar-refractivity contribution in [3.8, 4) is 22.8 Å². The Morgan fingerprint density at radius 1 is 1.16 bits per heavy atom. The van der Waals surface area contributed by atoms with E-state index in [4.69, 9.17) is 21.1 Å². The molecule has 0 aliphatic carbocycles. The number of benzene rings is 2. The second-order valence-electron chi connectivity index (χ2n) is 6.70. The van der Waals surface area contributed by atoms with Gasteiger partial charge in [-0.1, -0.05) is 11.6 Å². The topological polar surface area (TPSA) is 89.6 Å². The zero-order chi connectivity index (χ0) is 22.0. The molecule has 2 N–H and O–H groups in total. The van der Waals surface area contributed by atoms with Crippen molar-refractivity contribution < 1.29 is 23.5 Å². The summed E-state index contributed by atoms with van der Waals surface area (Å²) in [4.78, 5) is 28.1. The number of hydrogen-bond acceptors (Lipinski definition) is 6. The Kier molecular flexibility index (Phi) is 6.06. The third kappa shape index (κ3) is 4.78. The van der Waals surface area contributed by atoms with Gasteiger partial charge in [-0.3, -0.25) is 14.9 Å². The first-order chi connectivity index (χ1) is 14.9. The first kappa shape index (κ1) is 21.1. The SMILES string of the molecule is CC(=O)Nc1ccc(-c2csc(NC(=O)c3cc(Cl)c4c(c3)OCCCO4)n2)c(F)c1. The van der Waals surface area contributed by atoms with Crippen LogP contribution < -0.4 is 20.1 Å². The molecule has 31 heavy (non-hydrogen) atoms. The fraction of sp³-hybridized carbons (Fsp3) is 0.190. The van der Waals surface area contributed by atoms with Crippen LogP contribution in [-0.4, -0.2) is 30.0 Å². The van der Waals surface area contributed by atoms with Crippen LogP contribution in [0, 0.1) is 5.82 Å². The van der Waals surface area contributed by atoms with Crippen LogP contribution in [0.15, 0.2) is 35.7 Å². The zero-order valence-electron chi connectivity index (χ0n) is 16.3. The molecule has 0 bridgehead atoms. The monoisotopic (exact) mass is 461 g/mol. The van der Waals surface area contributed by atoms with E-state index < -0.39 is 11.7 Å². The highest BCUT2D eigenvalue weighted by molar-refractivity contribution is 7.14. The number of amides is 2. The van der Waals surface area contributed by atoms with E-state index in [1.807, 2.05) is 0 Å². The summed E-state index contributed by atoms with van der Waals surface area (Å²) in [6.07, 6.45) is 0.719. The normalized spacial score (nSPS) is 12.7. The molecule has 0 fully saturated rings. The third-order valence-corrected chi connectivity index (χ3v) is 5.39. The van der Waals surface area contributed by atoms with E-state index in [9.17, 15) is 14.0 Å². The van der Waals surface area contributed by atoms with Gasteiger partial charge in [0.1, 0.15) is 5.82 Å². The molecule has 2 aromatic carbocycles. The van der Waals surface area contributed by atoms with Crippen LogP contribution in [0.4, 0.5) is 15.2 Å². The number of ether oxygens (including phenoxy) is 2. The highest BCUT2D eigenvalue weighted by atomic mass is 35.5. The number of hydrogen-bond donors (Lipinski definition) is 2. The molecule has 1 aliphatic rings. The zero-order valence-corrected chi connectivity index (χ0v) is 17.9. The summed E-state index contributed by atoms with van der Waals surface area (Å²) in [5.74, 6) is -0.425. The number of rotatable bonds is 4. The summed E-state index contributed by atoms with van der Waals surface area (Å²) >= 11 is 7.41. The Bertz CT molecular complexity index is 1170. The van der Waals surface area contributed by atoms with Gasteiger partial charge in [-0.2, -0.15) is 0 Å². The van der Waals surface area contributed by atoms with E-state index >= 15 is 0 Å². The summed E-state index contributed by atoms with van der Waals surface area (Å²) in [5, 5.41) is 7.42. The Balaban J connectivity index is 1.52. The van der Waals surface area contributed by atoms with E-state index in [2.05, 4.69) is 15.6 Å². The number of carbonyl (C=O) groups excluding carboxylic acids is 2. The third-order valence-electron chi connectivity index (χ3n) is 4.35. The van der Waals surface area contributed by atoms with Crippen LogP contribution >= 0.6 is 22.9 Å². The number of anilines is 2. The van der Waals surface area contributed by atoms with Gasteiger partial charge < -0.3 is 14.8 Å². The predicted octanol–water partition coefficient (Wildman–Crippen LogP) is 4.97. The Labute approximate surface area is 186 Å². The summed E-state index contributed by atoms with van der Waals surface area (Å²) in [5.41, 5.74) is 1.26. The van der Waals surface area contributed by atoms with Crippen molar-refractivity contribution in [1.29, 1.82) is 0 Å². The van der Waals surface area contributed by atoms with Crippen molar-refractivity contribution in [2.75, 3.05) is 23.8 Å². The van der Waals surface area contributed by atoms with Crippen molar-refractivity contribution >= 4 is 45.6 Å². The van der Waals surface area contributed by atoms with Gasteiger partial charge in [0.25, 0.3) is 5.91 Å². The number of aromatic nitrogens is 1. The van der Waals surface area contributed by atoms with Crippen molar-refractivity contribution in [3.05, 3.63) is 52.1 Å². The first-order valence-electron chi connectivity index (χ1n) is 9.34. The molecule has 10 heteroatoms. The molecule has 160 valence electrons. The van der Waals surface area contributed by atoms with Crippen LogP contribution in [0.25, 0.3) is 11.3 Å². The largest absolute Gasteiger partial charge is 0.489 e. The van der Waals surface area contributed by atoms with Gasteiger partial charge in [0.2, 0.25) is 5.91 Å². The number of carbonyl (C=O) groups is 2. The Morgan fingerprint density at radius 2 is 1.97 bits per heavy atom. The lowest BCUT2D eigenvalue weighted by molar-refractivity contribution is -0.114. The number of halogens is 2. The van der Waals surface area contributed by atoms with Crippen LogP contribution in [0.5, 0.6) is 11.5 Å². The van der Waals surface area contributed by atoms with Crippen LogP contribution in [-0.2, 0) is 4.79 Å². The van der Waals surface area contributed by atoms with Crippen molar-refractivity contribution in [2.24, 2.45) is 0 Å². The van der Waals surface area contributed by atoms with E-state index in [0.717, 1.165) is 17.8 Å². The summed E-state index contributed by atoms with van der Waals surface area (Å²) in [6.45, 7) is 2.30. The van der Waals surface area contributed by atoms with Crippen molar-refractivity contribution in [1.82, 2.24) is 4.98 Å². The van der Waals surface area contributed by atoms with Gasteiger partial charge in [0.05, 0.1) is 23.9 Å². The molecular weight excluding hydrogens is 445 g/mol. The van der Waals surface area contributed by atoms with Gasteiger partial charge in [0, 0.05) is 35.5 Å². The molecule has 0 unspecified atom stereocenters. The van der Waals surface area contributed by atoms with Gasteiger partial charge in [-0.15, -0.1) is 11.3 Å². The minimum Gasteiger partial charge on any atom is -0.489 e. The van der Waals surface area contributed by atoms with E-state index in [0.29, 0.717) is 41.2 Å². The number of nitrogens with one attached hydrogen (secondary N) is 2. The maximum Gasteiger partial charge on any atom is 0.257 e. The standard InChI is InChI=1S/C21H17ClFN3O4S/c1-11(27)24-13-3-4-14(16(23)9-13)17-10-31-21(25-17)26-20(28)12-7-15(22)19-18(8-12)29-5-2-6-30-19/h3-4,7-10H,2,5-6H2,1H3,(H,24,27)(H,25,26,28). The average Bonchev–Trinajstić information content (AvgIpc) is 3.02. The molecule has 0 saturated carbocycles. The molecule has 0 radical (unpaired) electrons. The van der Waals surface area contributed by atoms with Crippen molar-refractivity contribution in [2.45, 2.75) is 13.3 Å². The average molecular weight is 462 g/mol. The van der Waals surface area contributed by atoms with E-state index in [-0.39, 0.29) is 22.1 Å². The molecular formula is C21H17ClFN3O4S. The maximum absolute atomic E-state index is 14.4. The van der Waals surface area contributed by atoms with Gasteiger partial charge in [-0.05, 0) is 30.3 Å². The summed E-state index contributed by atoms with van der Waals surface area (Å²) in [6, 6.07) is 7.38. The summed E-state index contributed by atoms with van der Waals surface area (Å²) < 4.78 is 25.6. The first-order valence-corrected chi connectivity index (χ1v) is 10.6. The van der Waals surface area contributed by atoms with E-state index in [1.54, 1.807) is 17.5 Å². The Morgan fingerprint density at radius 3 is 2.74 bits per heavy atom. The molecule has 0 spiro atoms. The highest BCUT2D eigenvalue weighted by Crippen LogP contribution is 2.38. The predicted molar refractivity (Wildman–Crippen MR) is 117 cm³/mol. The van der Waals surface area contributed by atoms with Gasteiger partial charge >= 0.3 is 0 Å². The summed E-state index contributed by atoms with van der Waals surface area (Å²) in [7, 11) is 0. The van der Waals surface area contributed by atoms with Crippen LogP contribution in [0.1, 0.15) is 23.7 Å². The lowest BCUT2D eigenvalue weighted by Crippen LogP contribution is -2.12. The minimum absolute atomic E-state index is 0.254. The van der Waals surface area contributed by atoms with E-state index in [1.165, 1.54) is 25.1 Å². The minimum atomic E-state index is -0.538. The molecule has 2 amide bonds. The molecule has 7 nitrogen and oxygen atoms in total. The highest BCUT2D eigenvalue weighted by Gasteiger charge is 2.19. The molecule has 4 rings (SSSR count). The lowest BCUT2D eigenvalue weighted by atomic mass is 10.1. The number of nitrogens with zero attached hydrogens (tertiary/aromatic N) is 1. The molecule has 0 atom stereocenters. The second kappa shape index (κ2) is 8.91.